The van der Waals surface area contributed by atoms with Gasteiger partial charge in [-0.25, -0.2) is 4.79 Å². The average molecular weight is 168 g/mol. The molecule has 0 aromatic rings. The molecule has 2 amide bonds. The maximum absolute atomic E-state index is 11.5. The van der Waals surface area contributed by atoms with Crippen LogP contribution in [0.4, 0.5) is 4.79 Å². The Morgan fingerprint density at radius 3 is 2.50 bits per heavy atom. The lowest BCUT2D eigenvalue weighted by Gasteiger charge is -2.39. The van der Waals surface area contributed by atoms with Crippen LogP contribution in [-0.4, -0.2) is 29.1 Å². The number of nitrogens with one attached hydrogen (secondary N) is 1. The summed E-state index contributed by atoms with van der Waals surface area (Å²) in [5.74, 6) is 0. The number of urea groups is 1. The number of carbonyl (C=O) groups is 1. The Morgan fingerprint density at radius 1 is 1.42 bits per heavy atom. The van der Waals surface area contributed by atoms with Crippen LogP contribution < -0.4 is 5.32 Å². The lowest BCUT2D eigenvalue weighted by molar-refractivity contribution is 0.122. The Morgan fingerprint density at radius 2 is 2.08 bits per heavy atom. The monoisotopic (exact) mass is 168 g/mol. The van der Waals surface area contributed by atoms with Crippen molar-refractivity contribution in [2.24, 2.45) is 0 Å². The Kier molecular flexibility index (Phi) is 1.56. The van der Waals surface area contributed by atoms with E-state index in [1.807, 2.05) is 4.90 Å². The normalized spacial score (nSPS) is 26.2. The van der Waals surface area contributed by atoms with E-state index in [9.17, 15) is 4.79 Å². The first-order valence-electron chi connectivity index (χ1n) is 4.73. The standard InChI is InChI=1S/C9H16N2O/c1-7(2)11-8(12)10-6-5-9(11)3-4-9/h7H,3-6H2,1-2H3,(H,10,12). The topological polar surface area (TPSA) is 32.3 Å². The first-order chi connectivity index (χ1) is 5.66. The number of rotatable bonds is 1. The van der Waals surface area contributed by atoms with E-state index >= 15 is 0 Å². The van der Waals surface area contributed by atoms with Gasteiger partial charge in [-0.1, -0.05) is 0 Å². The predicted octanol–water partition coefficient (Wildman–Crippen LogP) is 1.34. The van der Waals surface area contributed by atoms with Crippen molar-refractivity contribution in [3.05, 3.63) is 0 Å². The minimum Gasteiger partial charge on any atom is -0.338 e. The summed E-state index contributed by atoms with van der Waals surface area (Å²) in [5, 5.41) is 2.90. The molecule has 0 bridgehead atoms. The third kappa shape index (κ3) is 0.993. The highest BCUT2D eigenvalue weighted by atomic mass is 16.2. The van der Waals surface area contributed by atoms with E-state index in [4.69, 9.17) is 0 Å². The van der Waals surface area contributed by atoms with Crippen molar-refractivity contribution < 1.29 is 4.79 Å². The summed E-state index contributed by atoms with van der Waals surface area (Å²) in [6.45, 7) is 5.04. The molecule has 2 rings (SSSR count). The number of nitrogens with zero attached hydrogens (tertiary/aromatic N) is 1. The van der Waals surface area contributed by atoms with Crippen molar-refractivity contribution in [3.8, 4) is 0 Å². The van der Waals surface area contributed by atoms with Crippen LogP contribution >= 0.6 is 0 Å². The number of amides is 2. The number of carbonyl (C=O) groups excluding carboxylic acids is 1. The molecule has 1 N–H and O–H groups in total. The van der Waals surface area contributed by atoms with Gasteiger partial charge in [0.05, 0.1) is 0 Å². The lowest BCUT2D eigenvalue weighted by Crippen LogP contribution is -2.56. The molecule has 1 saturated carbocycles. The summed E-state index contributed by atoms with van der Waals surface area (Å²) in [6.07, 6.45) is 3.55. The summed E-state index contributed by atoms with van der Waals surface area (Å²) in [7, 11) is 0. The van der Waals surface area contributed by atoms with E-state index in [1.165, 1.54) is 12.8 Å². The van der Waals surface area contributed by atoms with Crippen LogP contribution in [0.15, 0.2) is 0 Å². The minimum atomic E-state index is 0.133. The van der Waals surface area contributed by atoms with Gasteiger partial charge in [-0.3, -0.25) is 0 Å². The van der Waals surface area contributed by atoms with Gasteiger partial charge in [0.2, 0.25) is 0 Å². The SMILES string of the molecule is CC(C)N1C(=O)NCCC12CC2. The zero-order valence-corrected chi connectivity index (χ0v) is 7.76. The summed E-state index contributed by atoms with van der Waals surface area (Å²) < 4.78 is 0. The molecule has 3 nitrogen and oxygen atoms in total. The molecule has 1 aliphatic heterocycles. The molecule has 3 heteroatoms. The van der Waals surface area contributed by atoms with Crippen LogP contribution in [0.25, 0.3) is 0 Å². The quantitative estimate of drug-likeness (QED) is 0.629. The van der Waals surface area contributed by atoms with Crippen molar-refractivity contribution in [2.75, 3.05) is 6.54 Å². The third-order valence-electron chi connectivity index (χ3n) is 2.94. The van der Waals surface area contributed by atoms with Crippen LogP contribution in [0.1, 0.15) is 33.1 Å². The molecule has 0 radical (unpaired) electrons. The minimum absolute atomic E-state index is 0.133. The molecule has 2 aliphatic rings. The molecule has 1 aliphatic carbocycles. The molecular weight excluding hydrogens is 152 g/mol. The van der Waals surface area contributed by atoms with E-state index in [0.717, 1.165) is 13.0 Å². The smallest absolute Gasteiger partial charge is 0.318 e. The largest absolute Gasteiger partial charge is 0.338 e. The van der Waals surface area contributed by atoms with E-state index in [0.29, 0.717) is 6.04 Å². The van der Waals surface area contributed by atoms with Crippen LogP contribution in [0, 0.1) is 0 Å². The first-order valence-corrected chi connectivity index (χ1v) is 4.73. The van der Waals surface area contributed by atoms with E-state index in [-0.39, 0.29) is 11.6 Å². The molecule has 1 heterocycles. The van der Waals surface area contributed by atoms with Crippen molar-refractivity contribution in [1.82, 2.24) is 10.2 Å². The maximum atomic E-state index is 11.5. The average Bonchev–Trinajstić information content (AvgIpc) is 2.68. The Balaban J connectivity index is 2.18. The fourth-order valence-electron chi connectivity index (χ4n) is 2.24. The molecule has 1 spiro atoms. The molecule has 0 aromatic carbocycles. The summed E-state index contributed by atoms with van der Waals surface area (Å²) in [5.41, 5.74) is 0.260. The van der Waals surface area contributed by atoms with Gasteiger partial charge in [0.1, 0.15) is 0 Å². The second-order valence-corrected chi connectivity index (χ2v) is 4.17. The van der Waals surface area contributed by atoms with Crippen LogP contribution in [0.2, 0.25) is 0 Å². The molecule has 0 atom stereocenters. The summed E-state index contributed by atoms with van der Waals surface area (Å²) >= 11 is 0. The molecule has 12 heavy (non-hydrogen) atoms. The zero-order chi connectivity index (χ0) is 8.77. The van der Waals surface area contributed by atoms with Crippen LogP contribution in [-0.2, 0) is 0 Å². The summed E-state index contributed by atoms with van der Waals surface area (Å²) in [6, 6.07) is 0.474. The van der Waals surface area contributed by atoms with Crippen molar-refractivity contribution in [1.29, 1.82) is 0 Å². The van der Waals surface area contributed by atoms with Crippen LogP contribution in [0.5, 0.6) is 0 Å². The number of hydrogen-bond acceptors (Lipinski definition) is 1. The maximum Gasteiger partial charge on any atom is 0.318 e. The highest BCUT2D eigenvalue weighted by Crippen LogP contribution is 2.46. The lowest BCUT2D eigenvalue weighted by atomic mass is 10.1. The molecule has 2 fully saturated rings. The van der Waals surface area contributed by atoms with Gasteiger partial charge < -0.3 is 10.2 Å². The Bertz CT molecular complexity index is 209. The Hall–Kier alpha value is -0.730. The van der Waals surface area contributed by atoms with Gasteiger partial charge >= 0.3 is 6.03 Å². The highest BCUT2D eigenvalue weighted by molar-refractivity contribution is 5.77. The zero-order valence-electron chi connectivity index (χ0n) is 7.76. The fraction of sp³-hybridized carbons (Fsp3) is 0.889. The third-order valence-corrected chi connectivity index (χ3v) is 2.94. The molecule has 0 unspecified atom stereocenters. The molecule has 1 saturated heterocycles. The van der Waals surface area contributed by atoms with E-state index in [2.05, 4.69) is 19.2 Å². The fourth-order valence-corrected chi connectivity index (χ4v) is 2.24. The molecular formula is C9H16N2O. The van der Waals surface area contributed by atoms with Gasteiger partial charge in [0.25, 0.3) is 0 Å². The highest BCUT2D eigenvalue weighted by Gasteiger charge is 2.52. The van der Waals surface area contributed by atoms with Gasteiger partial charge in [0, 0.05) is 18.1 Å². The van der Waals surface area contributed by atoms with Gasteiger partial charge in [-0.2, -0.15) is 0 Å². The number of hydrogen-bond donors (Lipinski definition) is 1. The van der Waals surface area contributed by atoms with Gasteiger partial charge in [0.15, 0.2) is 0 Å². The van der Waals surface area contributed by atoms with E-state index in [1.54, 1.807) is 0 Å². The van der Waals surface area contributed by atoms with Crippen molar-refractivity contribution in [2.45, 2.75) is 44.7 Å². The second-order valence-electron chi connectivity index (χ2n) is 4.17. The van der Waals surface area contributed by atoms with Gasteiger partial charge in [-0.15, -0.1) is 0 Å². The molecule has 68 valence electrons. The second kappa shape index (κ2) is 2.38. The summed E-state index contributed by atoms with van der Waals surface area (Å²) in [4.78, 5) is 13.5. The van der Waals surface area contributed by atoms with Crippen LogP contribution in [0.3, 0.4) is 0 Å². The van der Waals surface area contributed by atoms with Gasteiger partial charge in [-0.05, 0) is 33.1 Å². The van der Waals surface area contributed by atoms with E-state index < -0.39 is 0 Å². The molecule has 0 aromatic heterocycles. The van der Waals surface area contributed by atoms with Crippen molar-refractivity contribution >= 4 is 6.03 Å². The first kappa shape index (κ1) is 7.90. The van der Waals surface area contributed by atoms with Crippen molar-refractivity contribution in [3.63, 3.8) is 0 Å². The Labute approximate surface area is 73.1 Å². The predicted molar refractivity (Wildman–Crippen MR) is 47.0 cm³/mol.